The summed E-state index contributed by atoms with van der Waals surface area (Å²) in [5.74, 6) is -0.360. The van der Waals surface area contributed by atoms with Crippen molar-refractivity contribution in [3.8, 4) is 6.07 Å². The van der Waals surface area contributed by atoms with E-state index in [1.807, 2.05) is 45.4 Å². The summed E-state index contributed by atoms with van der Waals surface area (Å²) < 4.78 is 1.84. The summed E-state index contributed by atoms with van der Waals surface area (Å²) in [5.41, 5.74) is 7.82. The normalized spacial score (nSPS) is 13.1. The quantitative estimate of drug-likeness (QED) is 0.855. The van der Waals surface area contributed by atoms with Gasteiger partial charge in [0.1, 0.15) is 11.8 Å². The van der Waals surface area contributed by atoms with E-state index in [1.165, 1.54) is 0 Å². The monoisotopic (exact) mass is 262 g/mol. The van der Waals surface area contributed by atoms with Crippen LogP contribution in [0.25, 0.3) is 0 Å². The number of hydrogen-bond donors (Lipinski definition) is 2. The molecule has 1 aromatic heterocycles. The van der Waals surface area contributed by atoms with Crippen LogP contribution in [0, 0.1) is 23.7 Å². The average molecular weight is 262 g/mol. The third-order valence-corrected chi connectivity index (χ3v) is 3.40. The molecule has 1 atom stereocenters. The Morgan fingerprint density at radius 3 is 2.53 bits per heavy atom. The van der Waals surface area contributed by atoms with E-state index in [2.05, 4.69) is 11.4 Å². The number of aromatic nitrogens is 1. The van der Waals surface area contributed by atoms with Gasteiger partial charge in [0.2, 0.25) is 5.91 Å². The molecule has 5 nitrogen and oxygen atoms in total. The van der Waals surface area contributed by atoms with Gasteiger partial charge in [-0.3, -0.25) is 4.79 Å². The predicted octanol–water partition coefficient (Wildman–Crippen LogP) is 1.19. The molecule has 0 bridgehead atoms. The van der Waals surface area contributed by atoms with E-state index in [9.17, 15) is 4.79 Å². The van der Waals surface area contributed by atoms with Gasteiger partial charge >= 0.3 is 0 Å². The van der Waals surface area contributed by atoms with Gasteiger partial charge in [0, 0.05) is 19.3 Å². The summed E-state index contributed by atoms with van der Waals surface area (Å²) in [7, 11) is 1.85. The van der Waals surface area contributed by atoms with Crippen LogP contribution in [-0.2, 0) is 18.4 Å². The van der Waals surface area contributed by atoms with Crippen molar-refractivity contribution < 1.29 is 4.79 Å². The number of carbonyl (C=O) groups excluding carboxylic acids is 1. The minimum atomic E-state index is -0.405. The molecule has 0 radical (unpaired) electrons. The number of primary amides is 1. The number of hydrogen-bond acceptors (Lipinski definition) is 3. The summed E-state index contributed by atoms with van der Waals surface area (Å²) in [6, 6.07) is 3.57. The molecule has 0 fully saturated rings. The van der Waals surface area contributed by atoms with Gasteiger partial charge in [-0.1, -0.05) is 20.8 Å². The highest BCUT2D eigenvalue weighted by molar-refractivity contribution is 5.80. The number of amides is 1. The van der Waals surface area contributed by atoms with Crippen molar-refractivity contribution in [1.82, 2.24) is 9.88 Å². The zero-order chi connectivity index (χ0) is 14.8. The molecule has 19 heavy (non-hydrogen) atoms. The molecule has 0 aliphatic heterocycles. The van der Waals surface area contributed by atoms with Gasteiger partial charge in [-0.2, -0.15) is 5.26 Å². The first kappa shape index (κ1) is 15.3. The van der Waals surface area contributed by atoms with Gasteiger partial charge in [0.05, 0.1) is 6.04 Å². The van der Waals surface area contributed by atoms with Crippen molar-refractivity contribution in [2.75, 3.05) is 0 Å². The molecule has 1 heterocycles. The van der Waals surface area contributed by atoms with Gasteiger partial charge in [0.25, 0.3) is 0 Å². The molecule has 0 aromatic carbocycles. The van der Waals surface area contributed by atoms with Crippen LogP contribution in [0.3, 0.4) is 0 Å². The zero-order valence-electron chi connectivity index (χ0n) is 12.2. The van der Waals surface area contributed by atoms with Crippen molar-refractivity contribution in [2.45, 2.75) is 40.3 Å². The van der Waals surface area contributed by atoms with Crippen LogP contribution in [0.1, 0.15) is 37.7 Å². The molecule has 3 N–H and O–H groups in total. The Morgan fingerprint density at radius 1 is 1.58 bits per heavy atom. The molecule has 0 saturated carbocycles. The van der Waals surface area contributed by atoms with E-state index in [0.29, 0.717) is 12.2 Å². The number of nitrogens with one attached hydrogen (secondary N) is 1. The number of rotatable bonds is 4. The molecule has 0 aliphatic carbocycles. The van der Waals surface area contributed by atoms with Gasteiger partial charge < -0.3 is 15.6 Å². The Bertz CT molecular complexity index is 517. The minimum Gasteiger partial charge on any atom is -0.368 e. The second kappa shape index (κ2) is 5.45. The van der Waals surface area contributed by atoms with E-state index >= 15 is 0 Å². The first-order valence-electron chi connectivity index (χ1n) is 6.26. The van der Waals surface area contributed by atoms with Crippen LogP contribution in [0.15, 0.2) is 6.07 Å². The smallest absolute Gasteiger partial charge is 0.235 e. The van der Waals surface area contributed by atoms with E-state index < -0.39 is 6.04 Å². The molecule has 1 aromatic rings. The van der Waals surface area contributed by atoms with Gasteiger partial charge in [0.15, 0.2) is 0 Å². The molecule has 0 saturated heterocycles. The lowest BCUT2D eigenvalue weighted by Gasteiger charge is -2.28. The maximum atomic E-state index is 11.5. The van der Waals surface area contributed by atoms with Crippen molar-refractivity contribution in [3.05, 3.63) is 23.0 Å². The fraction of sp³-hybridized carbons (Fsp3) is 0.571. The number of nitriles is 1. The lowest BCUT2D eigenvalue weighted by molar-refractivity contribution is -0.122. The van der Waals surface area contributed by atoms with Crippen molar-refractivity contribution in [3.63, 3.8) is 0 Å². The Hall–Kier alpha value is -1.80. The SMILES string of the molecule is Cc1c(CN[C@H](C(N)=O)C(C)(C)C)cc(C#N)n1C. The second-order valence-corrected chi connectivity index (χ2v) is 5.89. The maximum Gasteiger partial charge on any atom is 0.235 e. The van der Waals surface area contributed by atoms with E-state index in [0.717, 1.165) is 11.3 Å². The van der Waals surface area contributed by atoms with E-state index in [1.54, 1.807) is 0 Å². The van der Waals surface area contributed by atoms with Crippen molar-refractivity contribution in [2.24, 2.45) is 18.2 Å². The molecule has 0 spiro atoms. The van der Waals surface area contributed by atoms with E-state index in [4.69, 9.17) is 11.0 Å². The maximum absolute atomic E-state index is 11.5. The first-order chi connectivity index (χ1) is 8.68. The summed E-state index contributed by atoms with van der Waals surface area (Å²) in [5, 5.41) is 12.2. The third-order valence-electron chi connectivity index (χ3n) is 3.40. The summed E-state index contributed by atoms with van der Waals surface area (Å²) in [6.07, 6.45) is 0. The van der Waals surface area contributed by atoms with Gasteiger partial charge in [-0.05, 0) is 24.0 Å². The predicted molar refractivity (Wildman–Crippen MR) is 74.1 cm³/mol. The Balaban J connectivity index is 2.87. The Morgan fingerprint density at radius 2 is 2.16 bits per heavy atom. The first-order valence-corrected chi connectivity index (χ1v) is 6.26. The highest BCUT2D eigenvalue weighted by Crippen LogP contribution is 2.20. The molecular weight excluding hydrogens is 240 g/mol. The lowest BCUT2D eigenvalue weighted by atomic mass is 9.86. The highest BCUT2D eigenvalue weighted by atomic mass is 16.1. The van der Waals surface area contributed by atoms with Gasteiger partial charge in [-0.15, -0.1) is 0 Å². The zero-order valence-corrected chi connectivity index (χ0v) is 12.2. The Kier molecular flexibility index (Phi) is 4.38. The lowest BCUT2D eigenvalue weighted by Crippen LogP contribution is -2.49. The van der Waals surface area contributed by atoms with Crippen molar-refractivity contribution in [1.29, 1.82) is 5.26 Å². The van der Waals surface area contributed by atoms with Crippen molar-refractivity contribution >= 4 is 5.91 Å². The standard InChI is InChI=1S/C14H22N4O/c1-9-10(6-11(7-15)18(9)5)8-17-12(13(16)19)14(2,3)4/h6,12,17H,8H2,1-5H3,(H2,16,19)/t12-/m1/s1. The average Bonchev–Trinajstić information content (AvgIpc) is 2.54. The minimum absolute atomic E-state index is 0.243. The fourth-order valence-corrected chi connectivity index (χ4v) is 2.09. The summed E-state index contributed by atoms with van der Waals surface area (Å²) >= 11 is 0. The third kappa shape index (κ3) is 3.36. The second-order valence-electron chi connectivity index (χ2n) is 5.89. The largest absolute Gasteiger partial charge is 0.368 e. The Labute approximate surface area is 114 Å². The number of nitrogens with two attached hydrogens (primary N) is 1. The summed E-state index contributed by atoms with van der Waals surface area (Å²) in [6.45, 7) is 8.37. The molecular formula is C14H22N4O. The van der Waals surface area contributed by atoms with Crippen LogP contribution >= 0.6 is 0 Å². The van der Waals surface area contributed by atoms with Crippen LogP contribution in [0.5, 0.6) is 0 Å². The van der Waals surface area contributed by atoms with Crippen LogP contribution in [0.4, 0.5) is 0 Å². The number of carbonyl (C=O) groups is 1. The van der Waals surface area contributed by atoms with Crippen LogP contribution < -0.4 is 11.1 Å². The molecule has 5 heteroatoms. The number of nitrogens with zero attached hydrogens (tertiary/aromatic N) is 2. The molecule has 1 rings (SSSR count). The van der Waals surface area contributed by atoms with E-state index in [-0.39, 0.29) is 11.3 Å². The fourth-order valence-electron chi connectivity index (χ4n) is 2.09. The molecule has 0 aliphatic rings. The molecule has 104 valence electrons. The van der Waals surface area contributed by atoms with Gasteiger partial charge in [-0.25, -0.2) is 0 Å². The highest BCUT2D eigenvalue weighted by Gasteiger charge is 2.29. The molecule has 0 unspecified atom stereocenters. The molecule has 1 amide bonds. The topological polar surface area (TPSA) is 83.8 Å². The van der Waals surface area contributed by atoms with Crippen LogP contribution in [0.2, 0.25) is 0 Å². The summed E-state index contributed by atoms with van der Waals surface area (Å²) in [4.78, 5) is 11.5. The van der Waals surface area contributed by atoms with Crippen LogP contribution in [-0.4, -0.2) is 16.5 Å².